The maximum atomic E-state index is 12.6. The Morgan fingerprint density at radius 2 is 1.76 bits per heavy atom. The molecular weight excluding hydrogens is 376 g/mol. The van der Waals surface area contributed by atoms with E-state index in [0.29, 0.717) is 19.4 Å². The fourth-order valence-corrected chi connectivity index (χ4v) is 4.14. The van der Waals surface area contributed by atoms with Crippen molar-refractivity contribution in [2.75, 3.05) is 19.6 Å². The lowest BCUT2D eigenvalue weighted by molar-refractivity contribution is -0.145. The maximum Gasteiger partial charge on any atom is 0.410 e. The smallest absolute Gasteiger partial charge is 0.410 e. The standard InChI is InChI=1S/C21H28N2O6/c1-20(2,3)29-18(26)22-11-9-21(14-22)10-12-23(16(21)17(24)25)19(27)28-13-15-7-5-4-6-8-15/h4-8,16H,9-14H2,1-3H3,(H,24,25). The highest BCUT2D eigenvalue weighted by atomic mass is 16.6. The number of nitrogens with zero attached hydrogens (tertiary/aromatic N) is 2. The number of carbonyl (C=O) groups is 3. The Balaban J connectivity index is 1.68. The van der Waals surface area contributed by atoms with E-state index in [1.807, 2.05) is 30.3 Å². The Hall–Kier alpha value is -2.77. The van der Waals surface area contributed by atoms with Crippen molar-refractivity contribution in [2.45, 2.75) is 51.9 Å². The molecule has 1 spiro atoms. The maximum absolute atomic E-state index is 12.6. The van der Waals surface area contributed by atoms with E-state index in [1.54, 1.807) is 25.7 Å². The van der Waals surface area contributed by atoms with Gasteiger partial charge in [-0.05, 0) is 39.2 Å². The molecule has 158 valence electrons. The molecule has 2 heterocycles. The second-order valence-electron chi connectivity index (χ2n) is 8.74. The van der Waals surface area contributed by atoms with E-state index < -0.39 is 35.2 Å². The Labute approximate surface area is 170 Å². The number of benzene rings is 1. The highest BCUT2D eigenvalue weighted by molar-refractivity contribution is 5.82. The van der Waals surface area contributed by atoms with Crippen molar-refractivity contribution in [2.24, 2.45) is 5.41 Å². The van der Waals surface area contributed by atoms with Gasteiger partial charge in [-0.25, -0.2) is 14.4 Å². The summed E-state index contributed by atoms with van der Waals surface area (Å²) in [4.78, 5) is 39.9. The van der Waals surface area contributed by atoms with Crippen LogP contribution < -0.4 is 0 Å². The summed E-state index contributed by atoms with van der Waals surface area (Å²) in [6, 6.07) is 8.20. The van der Waals surface area contributed by atoms with Crippen LogP contribution in [0.4, 0.5) is 9.59 Å². The second-order valence-corrected chi connectivity index (χ2v) is 8.74. The monoisotopic (exact) mass is 404 g/mol. The van der Waals surface area contributed by atoms with E-state index in [9.17, 15) is 19.5 Å². The highest BCUT2D eigenvalue weighted by Gasteiger charge is 2.57. The molecule has 2 aliphatic rings. The second kappa shape index (κ2) is 7.93. The minimum absolute atomic E-state index is 0.0829. The van der Waals surface area contributed by atoms with Crippen molar-refractivity contribution in [1.29, 1.82) is 0 Å². The van der Waals surface area contributed by atoms with Gasteiger partial charge in [-0.15, -0.1) is 0 Å². The molecule has 1 aromatic carbocycles. The summed E-state index contributed by atoms with van der Waals surface area (Å²) in [7, 11) is 0. The van der Waals surface area contributed by atoms with Gasteiger partial charge in [0.2, 0.25) is 0 Å². The van der Waals surface area contributed by atoms with Crippen molar-refractivity contribution in [3.8, 4) is 0 Å². The summed E-state index contributed by atoms with van der Waals surface area (Å²) >= 11 is 0. The van der Waals surface area contributed by atoms with Gasteiger partial charge in [-0.2, -0.15) is 0 Å². The molecule has 3 rings (SSSR count). The zero-order chi connectivity index (χ0) is 21.2. The molecule has 0 saturated carbocycles. The molecule has 0 radical (unpaired) electrons. The number of likely N-dealkylation sites (tertiary alicyclic amines) is 2. The van der Waals surface area contributed by atoms with Crippen LogP contribution in [0.2, 0.25) is 0 Å². The molecule has 2 atom stereocenters. The van der Waals surface area contributed by atoms with Crippen LogP contribution in [0.25, 0.3) is 0 Å². The molecule has 0 bridgehead atoms. The van der Waals surface area contributed by atoms with Gasteiger partial charge in [0.15, 0.2) is 0 Å². The predicted molar refractivity (Wildman–Crippen MR) is 104 cm³/mol. The van der Waals surface area contributed by atoms with Gasteiger partial charge in [0.05, 0.1) is 0 Å². The molecule has 8 heteroatoms. The minimum Gasteiger partial charge on any atom is -0.480 e. The van der Waals surface area contributed by atoms with Gasteiger partial charge in [0, 0.05) is 25.0 Å². The summed E-state index contributed by atoms with van der Waals surface area (Å²) in [5.41, 5.74) is -0.477. The van der Waals surface area contributed by atoms with E-state index in [-0.39, 0.29) is 19.7 Å². The molecule has 2 aliphatic heterocycles. The lowest BCUT2D eigenvalue weighted by Crippen LogP contribution is -2.49. The number of carboxylic acids is 1. The molecule has 8 nitrogen and oxygen atoms in total. The number of ether oxygens (including phenoxy) is 2. The molecule has 2 saturated heterocycles. The predicted octanol–water partition coefficient (Wildman–Crippen LogP) is 3.11. The number of carbonyl (C=O) groups excluding carboxylic acids is 2. The van der Waals surface area contributed by atoms with E-state index in [2.05, 4.69) is 0 Å². The van der Waals surface area contributed by atoms with Crippen LogP contribution in [0.5, 0.6) is 0 Å². The number of hydrogen-bond acceptors (Lipinski definition) is 5. The number of amides is 2. The van der Waals surface area contributed by atoms with Crippen molar-refractivity contribution < 1.29 is 29.0 Å². The van der Waals surface area contributed by atoms with Crippen LogP contribution in [0.1, 0.15) is 39.2 Å². The van der Waals surface area contributed by atoms with E-state index in [4.69, 9.17) is 9.47 Å². The Morgan fingerprint density at radius 3 is 2.38 bits per heavy atom. The van der Waals surface area contributed by atoms with Crippen molar-refractivity contribution >= 4 is 18.2 Å². The largest absolute Gasteiger partial charge is 0.480 e. The third-order valence-electron chi connectivity index (χ3n) is 5.45. The van der Waals surface area contributed by atoms with E-state index >= 15 is 0 Å². The lowest BCUT2D eigenvalue weighted by atomic mass is 9.79. The summed E-state index contributed by atoms with van der Waals surface area (Å²) < 4.78 is 10.8. The number of hydrogen-bond donors (Lipinski definition) is 1. The summed E-state index contributed by atoms with van der Waals surface area (Å²) in [5.74, 6) is -1.08. The Kier molecular flexibility index (Phi) is 5.73. The first kappa shape index (κ1) is 21.0. The fraction of sp³-hybridized carbons (Fsp3) is 0.571. The average Bonchev–Trinajstić information content (AvgIpc) is 3.24. The molecule has 29 heavy (non-hydrogen) atoms. The van der Waals surface area contributed by atoms with E-state index in [1.165, 1.54) is 4.90 Å². The normalized spacial score (nSPS) is 24.0. The number of aliphatic carboxylic acids is 1. The molecule has 1 N–H and O–H groups in total. The summed E-state index contributed by atoms with van der Waals surface area (Å²) in [6.07, 6.45) is -0.0903. The first-order valence-corrected chi connectivity index (χ1v) is 9.79. The van der Waals surface area contributed by atoms with Crippen LogP contribution in [0.3, 0.4) is 0 Å². The quantitative estimate of drug-likeness (QED) is 0.832. The Morgan fingerprint density at radius 1 is 1.10 bits per heavy atom. The molecule has 2 fully saturated rings. The summed E-state index contributed by atoms with van der Waals surface area (Å²) in [5, 5.41) is 9.87. The van der Waals surface area contributed by atoms with E-state index in [0.717, 1.165) is 5.56 Å². The van der Waals surface area contributed by atoms with Gasteiger partial charge in [-0.3, -0.25) is 4.90 Å². The van der Waals surface area contributed by atoms with Crippen molar-refractivity contribution in [1.82, 2.24) is 9.80 Å². The highest BCUT2D eigenvalue weighted by Crippen LogP contribution is 2.45. The lowest BCUT2D eigenvalue weighted by Gasteiger charge is -2.31. The zero-order valence-corrected chi connectivity index (χ0v) is 17.1. The topological polar surface area (TPSA) is 96.4 Å². The molecule has 0 aromatic heterocycles. The minimum atomic E-state index is -1.08. The third kappa shape index (κ3) is 4.63. The molecule has 0 aliphatic carbocycles. The molecule has 1 aromatic rings. The zero-order valence-electron chi connectivity index (χ0n) is 17.1. The summed E-state index contributed by atoms with van der Waals surface area (Å²) in [6.45, 7) is 6.39. The number of rotatable bonds is 3. The van der Waals surface area contributed by atoms with Crippen LogP contribution >= 0.6 is 0 Å². The molecule has 2 unspecified atom stereocenters. The van der Waals surface area contributed by atoms with Crippen LogP contribution in [0, 0.1) is 5.41 Å². The first-order valence-electron chi connectivity index (χ1n) is 9.79. The number of carboxylic acid groups (broad SMARTS) is 1. The van der Waals surface area contributed by atoms with Crippen LogP contribution in [0.15, 0.2) is 30.3 Å². The van der Waals surface area contributed by atoms with Gasteiger partial charge >= 0.3 is 18.2 Å². The van der Waals surface area contributed by atoms with Gasteiger partial charge in [0.1, 0.15) is 18.2 Å². The first-order chi connectivity index (χ1) is 13.6. The van der Waals surface area contributed by atoms with Gasteiger partial charge in [0.25, 0.3) is 0 Å². The Bertz CT molecular complexity index is 775. The van der Waals surface area contributed by atoms with Crippen LogP contribution in [-0.4, -0.2) is 64.3 Å². The molecular formula is C21H28N2O6. The van der Waals surface area contributed by atoms with Gasteiger partial charge < -0.3 is 19.5 Å². The van der Waals surface area contributed by atoms with Gasteiger partial charge in [-0.1, -0.05) is 30.3 Å². The van der Waals surface area contributed by atoms with Crippen LogP contribution in [-0.2, 0) is 20.9 Å². The van der Waals surface area contributed by atoms with Crippen molar-refractivity contribution in [3.63, 3.8) is 0 Å². The molecule has 2 amide bonds. The fourth-order valence-electron chi connectivity index (χ4n) is 4.14. The van der Waals surface area contributed by atoms with Crippen molar-refractivity contribution in [3.05, 3.63) is 35.9 Å². The average molecular weight is 404 g/mol. The SMILES string of the molecule is CC(C)(C)OC(=O)N1CCC2(CCN(C(=O)OCc3ccccc3)C2C(=O)O)C1. The third-order valence-corrected chi connectivity index (χ3v) is 5.45.